The van der Waals surface area contributed by atoms with Crippen LogP contribution in [0, 0.1) is 0 Å². The van der Waals surface area contributed by atoms with Gasteiger partial charge in [-0.25, -0.2) is 0 Å². The lowest BCUT2D eigenvalue weighted by Gasteiger charge is -1.97. The molecule has 0 amide bonds. The van der Waals surface area contributed by atoms with Crippen LogP contribution in [0.1, 0.15) is 30.2 Å². The fraction of sp³-hybridized carbons (Fsp3) is 0.455. The third-order valence-corrected chi connectivity index (χ3v) is 2.91. The highest BCUT2D eigenvalue weighted by Gasteiger charge is 1.99. The van der Waals surface area contributed by atoms with Crippen LogP contribution < -0.4 is 5.73 Å². The molecule has 1 heterocycles. The summed E-state index contributed by atoms with van der Waals surface area (Å²) in [5, 5.41) is 2.15. The quantitative estimate of drug-likeness (QED) is 0.767. The zero-order valence-electron chi connectivity index (χ0n) is 8.12. The van der Waals surface area contributed by atoms with Gasteiger partial charge in [-0.15, -0.1) is 11.3 Å². The Balaban J connectivity index is 2.60. The van der Waals surface area contributed by atoms with Crippen molar-refractivity contribution < 1.29 is 0 Å². The molecule has 0 saturated carbocycles. The monoisotopic (exact) mass is 195 g/mol. The van der Waals surface area contributed by atoms with E-state index in [1.165, 1.54) is 29.7 Å². The topological polar surface area (TPSA) is 26.0 Å². The van der Waals surface area contributed by atoms with Crippen LogP contribution in [0.2, 0.25) is 0 Å². The summed E-state index contributed by atoms with van der Waals surface area (Å²) < 4.78 is 0. The van der Waals surface area contributed by atoms with Gasteiger partial charge in [0.25, 0.3) is 0 Å². The molecular formula is C11H17NS. The van der Waals surface area contributed by atoms with Crippen LogP contribution >= 0.6 is 11.3 Å². The van der Waals surface area contributed by atoms with E-state index in [9.17, 15) is 0 Å². The molecule has 0 aliphatic heterocycles. The Morgan fingerprint density at radius 1 is 1.54 bits per heavy atom. The number of hydrogen-bond acceptors (Lipinski definition) is 2. The fourth-order valence-electron chi connectivity index (χ4n) is 1.24. The number of rotatable bonds is 5. The molecule has 1 aromatic rings. The van der Waals surface area contributed by atoms with Gasteiger partial charge in [0.15, 0.2) is 0 Å². The summed E-state index contributed by atoms with van der Waals surface area (Å²) in [6.07, 6.45) is 7.89. The Morgan fingerprint density at radius 2 is 2.38 bits per heavy atom. The third kappa shape index (κ3) is 3.33. The lowest BCUT2D eigenvalue weighted by molar-refractivity contribution is 0.796. The fourth-order valence-corrected chi connectivity index (χ4v) is 2.12. The molecule has 2 heteroatoms. The normalized spacial score (nSPS) is 11.2. The molecule has 72 valence electrons. The first kappa shape index (κ1) is 10.5. The maximum Gasteiger partial charge on any atom is 0.0299 e. The van der Waals surface area contributed by atoms with Gasteiger partial charge in [-0.3, -0.25) is 0 Å². The standard InChI is InChI=1S/C11H17NS/c1-2-3-5-10-7-9-13-11(10)6-4-8-12/h4,6-7,9H,2-3,5,8,12H2,1H3. The maximum absolute atomic E-state index is 5.41. The van der Waals surface area contributed by atoms with Crippen molar-refractivity contribution >= 4 is 17.4 Å². The molecule has 2 N–H and O–H groups in total. The Morgan fingerprint density at radius 3 is 3.08 bits per heavy atom. The molecule has 0 atom stereocenters. The van der Waals surface area contributed by atoms with Gasteiger partial charge in [-0.2, -0.15) is 0 Å². The van der Waals surface area contributed by atoms with Crippen LogP contribution in [0.3, 0.4) is 0 Å². The van der Waals surface area contributed by atoms with E-state index in [1.807, 2.05) is 6.08 Å². The smallest absolute Gasteiger partial charge is 0.0299 e. The number of unbranched alkanes of at least 4 members (excludes halogenated alkanes) is 1. The van der Waals surface area contributed by atoms with Crippen molar-refractivity contribution in [1.82, 2.24) is 0 Å². The number of nitrogens with two attached hydrogens (primary N) is 1. The number of aryl methyl sites for hydroxylation is 1. The van der Waals surface area contributed by atoms with E-state index in [4.69, 9.17) is 5.73 Å². The second-order valence-corrected chi connectivity index (χ2v) is 4.00. The second-order valence-electron chi connectivity index (χ2n) is 3.05. The van der Waals surface area contributed by atoms with Crippen LogP contribution in [-0.4, -0.2) is 6.54 Å². The highest BCUT2D eigenvalue weighted by Crippen LogP contribution is 2.20. The highest BCUT2D eigenvalue weighted by molar-refractivity contribution is 7.11. The van der Waals surface area contributed by atoms with Gasteiger partial charge >= 0.3 is 0 Å². The predicted molar refractivity (Wildman–Crippen MR) is 61.0 cm³/mol. The van der Waals surface area contributed by atoms with E-state index >= 15 is 0 Å². The first-order chi connectivity index (χ1) is 6.38. The van der Waals surface area contributed by atoms with Gasteiger partial charge in [-0.1, -0.05) is 19.4 Å². The van der Waals surface area contributed by atoms with Crippen molar-refractivity contribution in [1.29, 1.82) is 0 Å². The van der Waals surface area contributed by atoms with Crippen LogP contribution in [0.5, 0.6) is 0 Å². The first-order valence-corrected chi connectivity index (χ1v) is 5.69. The maximum atomic E-state index is 5.41. The summed E-state index contributed by atoms with van der Waals surface area (Å²) in [7, 11) is 0. The van der Waals surface area contributed by atoms with Gasteiger partial charge in [0, 0.05) is 11.4 Å². The van der Waals surface area contributed by atoms with Crippen LogP contribution in [0.15, 0.2) is 17.5 Å². The second kappa shape index (κ2) is 5.95. The van der Waals surface area contributed by atoms with Gasteiger partial charge in [0.1, 0.15) is 0 Å². The predicted octanol–water partition coefficient (Wildman–Crippen LogP) is 3.06. The molecule has 0 unspecified atom stereocenters. The van der Waals surface area contributed by atoms with E-state index in [2.05, 4.69) is 24.4 Å². The Kier molecular flexibility index (Phi) is 4.79. The average molecular weight is 195 g/mol. The van der Waals surface area contributed by atoms with Crippen molar-refractivity contribution in [3.63, 3.8) is 0 Å². The largest absolute Gasteiger partial charge is 0.327 e. The molecule has 0 aliphatic carbocycles. The summed E-state index contributed by atoms with van der Waals surface area (Å²) in [4.78, 5) is 1.37. The summed E-state index contributed by atoms with van der Waals surface area (Å²) >= 11 is 1.80. The van der Waals surface area contributed by atoms with Gasteiger partial charge in [-0.05, 0) is 35.9 Å². The Hall–Kier alpha value is -0.600. The zero-order chi connectivity index (χ0) is 9.52. The minimum Gasteiger partial charge on any atom is -0.327 e. The lowest BCUT2D eigenvalue weighted by atomic mass is 10.1. The van der Waals surface area contributed by atoms with Crippen molar-refractivity contribution in [2.45, 2.75) is 26.2 Å². The van der Waals surface area contributed by atoms with E-state index in [-0.39, 0.29) is 0 Å². The van der Waals surface area contributed by atoms with Crippen LogP contribution in [0.25, 0.3) is 6.08 Å². The van der Waals surface area contributed by atoms with Gasteiger partial charge in [0.2, 0.25) is 0 Å². The minimum atomic E-state index is 0.630. The average Bonchev–Trinajstić information content (AvgIpc) is 2.59. The van der Waals surface area contributed by atoms with Crippen molar-refractivity contribution in [3.05, 3.63) is 28.0 Å². The van der Waals surface area contributed by atoms with E-state index in [1.54, 1.807) is 11.3 Å². The third-order valence-electron chi connectivity index (χ3n) is 1.99. The molecule has 0 aliphatic rings. The minimum absolute atomic E-state index is 0.630. The van der Waals surface area contributed by atoms with Crippen LogP contribution in [-0.2, 0) is 6.42 Å². The van der Waals surface area contributed by atoms with Crippen molar-refractivity contribution in [3.8, 4) is 0 Å². The van der Waals surface area contributed by atoms with Crippen molar-refractivity contribution in [2.24, 2.45) is 5.73 Å². The van der Waals surface area contributed by atoms with E-state index < -0.39 is 0 Å². The Labute approximate surface area is 84.3 Å². The zero-order valence-corrected chi connectivity index (χ0v) is 8.94. The van der Waals surface area contributed by atoms with Crippen molar-refractivity contribution in [2.75, 3.05) is 6.54 Å². The van der Waals surface area contributed by atoms with Crippen LogP contribution in [0.4, 0.5) is 0 Å². The first-order valence-electron chi connectivity index (χ1n) is 4.81. The molecule has 0 bridgehead atoms. The number of thiophene rings is 1. The molecule has 1 aromatic heterocycles. The summed E-state index contributed by atoms with van der Waals surface area (Å²) in [6.45, 7) is 2.85. The molecular weight excluding hydrogens is 178 g/mol. The molecule has 13 heavy (non-hydrogen) atoms. The molecule has 0 fully saturated rings. The SMILES string of the molecule is CCCCc1ccsc1C=CCN. The van der Waals surface area contributed by atoms with E-state index in [0.29, 0.717) is 6.54 Å². The van der Waals surface area contributed by atoms with Gasteiger partial charge < -0.3 is 5.73 Å². The molecule has 0 aromatic carbocycles. The molecule has 0 saturated heterocycles. The summed E-state index contributed by atoms with van der Waals surface area (Å²) in [6, 6.07) is 2.22. The Bertz CT molecular complexity index is 263. The molecule has 1 rings (SSSR count). The summed E-state index contributed by atoms with van der Waals surface area (Å²) in [5.41, 5.74) is 6.88. The lowest BCUT2D eigenvalue weighted by Crippen LogP contribution is -1.92. The number of hydrogen-bond donors (Lipinski definition) is 1. The highest BCUT2D eigenvalue weighted by atomic mass is 32.1. The van der Waals surface area contributed by atoms with E-state index in [0.717, 1.165) is 0 Å². The van der Waals surface area contributed by atoms with Gasteiger partial charge in [0.05, 0.1) is 0 Å². The molecule has 0 spiro atoms. The summed E-state index contributed by atoms with van der Waals surface area (Å²) in [5.74, 6) is 0. The molecule has 1 nitrogen and oxygen atoms in total. The molecule has 0 radical (unpaired) electrons.